The monoisotopic (exact) mass is 304 g/mol. The van der Waals surface area contributed by atoms with Gasteiger partial charge in [-0.1, -0.05) is 17.3 Å². The van der Waals surface area contributed by atoms with Gasteiger partial charge in [-0.25, -0.2) is 4.79 Å². The van der Waals surface area contributed by atoms with Crippen LogP contribution in [0.2, 0.25) is 0 Å². The molecule has 0 aromatic heterocycles. The second-order valence-electron chi connectivity index (χ2n) is 6.65. The largest absolute Gasteiger partial charge is 0.444 e. The zero-order valence-corrected chi connectivity index (χ0v) is 13.9. The summed E-state index contributed by atoms with van der Waals surface area (Å²) in [6, 6.07) is 6.24. The topological polar surface area (TPSA) is 59.9 Å². The van der Waals surface area contributed by atoms with Crippen molar-refractivity contribution in [2.24, 2.45) is 5.16 Å². The van der Waals surface area contributed by atoms with Gasteiger partial charge >= 0.3 is 6.09 Å². The number of oxime groups is 1. The maximum Gasteiger partial charge on any atom is 0.407 e. The number of rotatable bonds is 3. The van der Waals surface area contributed by atoms with Gasteiger partial charge in [-0.05, 0) is 57.4 Å². The number of nitrogens with one attached hydrogen (secondary N) is 1. The van der Waals surface area contributed by atoms with Crippen LogP contribution in [-0.4, -0.2) is 30.1 Å². The first kappa shape index (κ1) is 16.3. The van der Waals surface area contributed by atoms with Gasteiger partial charge in [0.25, 0.3) is 0 Å². The molecule has 1 atom stereocenters. The predicted molar refractivity (Wildman–Crippen MR) is 86.2 cm³/mol. The van der Waals surface area contributed by atoms with Gasteiger partial charge < -0.3 is 14.9 Å². The molecule has 2 rings (SSSR count). The minimum absolute atomic E-state index is 0.149. The van der Waals surface area contributed by atoms with E-state index in [0.29, 0.717) is 13.0 Å². The van der Waals surface area contributed by atoms with Crippen molar-refractivity contribution in [2.45, 2.75) is 52.7 Å². The van der Waals surface area contributed by atoms with Crippen LogP contribution in [0, 0.1) is 13.8 Å². The van der Waals surface area contributed by atoms with E-state index in [9.17, 15) is 4.79 Å². The summed E-state index contributed by atoms with van der Waals surface area (Å²) in [7, 11) is 0. The molecule has 1 N–H and O–H groups in total. The summed E-state index contributed by atoms with van der Waals surface area (Å²) in [5, 5.41) is 6.85. The Morgan fingerprint density at radius 3 is 2.73 bits per heavy atom. The standard InChI is InChI=1S/C17H24N2O3/c1-11-6-7-13(8-12(11)2)15-9-14(22-19-15)10-18-16(20)21-17(3,4)5/h6-8,14H,9-10H2,1-5H3,(H,18,20)/t14-/m1/s1. The number of carbonyl (C=O) groups excluding carboxylic acids is 1. The Kier molecular flexibility index (Phi) is 4.74. The second-order valence-corrected chi connectivity index (χ2v) is 6.65. The summed E-state index contributed by atoms with van der Waals surface area (Å²) in [5.41, 5.74) is 3.98. The van der Waals surface area contributed by atoms with Gasteiger partial charge in [0.2, 0.25) is 0 Å². The lowest BCUT2D eigenvalue weighted by atomic mass is 10.0. The molecule has 1 aliphatic heterocycles. The van der Waals surface area contributed by atoms with Crippen LogP contribution in [0.5, 0.6) is 0 Å². The fraction of sp³-hybridized carbons (Fsp3) is 0.529. The average molecular weight is 304 g/mol. The lowest BCUT2D eigenvalue weighted by Gasteiger charge is -2.20. The SMILES string of the molecule is Cc1ccc(C2=NO[C@@H](CNC(=O)OC(C)(C)C)C2)cc1C. The Morgan fingerprint density at radius 2 is 2.09 bits per heavy atom. The van der Waals surface area contributed by atoms with Gasteiger partial charge in [-0.3, -0.25) is 0 Å². The summed E-state index contributed by atoms with van der Waals surface area (Å²) >= 11 is 0. The minimum Gasteiger partial charge on any atom is -0.444 e. The lowest BCUT2D eigenvalue weighted by molar-refractivity contribution is 0.0439. The Balaban J connectivity index is 1.84. The summed E-state index contributed by atoms with van der Waals surface area (Å²) in [5.74, 6) is 0. The minimum atomic E-state index is -0.498. The van der Waals surface area contributed by atoms with E-state index in [-0.39, 0.29) is 6.10 Å². The maximum atomic E-state index is 11.6. The van der Waals surface area contributed by atoms with E-state index in [1.54, 1.807) is 0 Å². The molecule has 0 aliphatic carbocycles. The number of benzene rings is 1. The predicted octanol–water partition coefficient (Wildman–Crippen LogP) is 3.32. The number of nitrogens with zero attached hydrogens (tertiary/aromatic N) is 1. The highest BCUT2D eigenvalue weighted by Gasteiger charge is 2.24. The number of amides is 1. The van der Waals surface area contributed by atoms with Gasteiger partial charge in [0.05, 0.1) is 12.3 Å². The second kappa shape index (κ2) is 6.38. The van der Waals surface area contributed by atoms with E-state index in [1.165, 1.54) is 11.1 Å². The Morgan fingerprint density at radius 1 is 1.36 bits per heavy atom. The van der Waals surface area contributed by atoms with E-state index in [2.05, 4.69) is 36.5 Å². The van der Waals surface area contributed by atoms with Crippen molar-refractivity contribution in [3.63, 3.8) is 0 Å². The van der Waals surface area contributed by atoms with E-state index in [4.69, 9.17) is 9.57 Å². The van der Waals surface area contributed by atoms with Crippen molar-refractivity contribution in [3.8, 4) is 0 Å². The summed E-state index contributed by atoms with van der Waals surface area (Å²) in [4.78, 5) is 17.0. The normalized spacial score (nSPS) is 17.7. The van der Waals surface area contributed by atoms with Crippen LogP contribution < -0.4 is 5.32 Å². The highest BCUT2D eigenvalue weighted by molar-refractivity contribution is 6.01. The molecular formula is C17H24N2O3. The molecule has 0 fully saturated rings. The molecule has 0 spiro atoms. The Bertz CT molecular complexity index is 588. The third-order valence-electron chi connectivity index (χ3n) is 3.45. The molecule has 1 aliphatic rings. The molecule has 5 heteroatoms. The highest BCUT2D eigenvalue weighted by Crippen LogP contribution is 2.19. The number of hydrogen-bond acceptors (Lipinski definition) is 4. The first-order valence-corrected chi connectivity index (χ1v) is 7.52. The zero-order chi connectivity index (χ0) is 16.3. The van der Waals surface area contributed by atoms with Crippen LogP contribution in [0.4, 0.5) is 4.79 Å². The van der Waals surface area contributed by atoms with Crippen molar-refractivity contribution in [2.75, 3.05) is 6.54 Å². The molecule has 0 unspecified atom stereocenters. The molecule has 120 valence electrons. The summed E-state index contributed by atoms with van der Waals surface area (Å²) in [6.07, 6.45) is 0.0954. The molecule has 0 saturated carbocycles. The number of carbonyl (C=O) groups is 1. The zero-order valence-electron chi connectivity index (χ0n) is 13.9. The Labute approximate surface area is 131 Å². The molecule has 1 aromatic carbocycles. The van der Waals surface area contributed by atoms with Gasteiger partial charge in [-0.15, -0.1) is 0 Å². The molecule has 1 heterocycles. The van der Waals surface area contributed by atoms with Crippen LogP contribution in [0.25, 0.3) is 0 Å². The number of aryl methyl sites for hydroxylation is 2. The van der Waals surface area contributed by atoms with E-state index >= 15 is 0 Å². The van der Waals surface area contributed by atoms with Gasteiger partial charge in [-0.2, -0.15) is 0 Å². The third-order valence-corrected chi connectivity index (χ3v) is 3.45. The van der Waals surface area contributed by atoms with Gasteiger partial charge in [0, 0.05) is 6.42 Å². The van der Waals surface area contributed by atoms with Crippen LogP contribution in [0.15, 0.2) is 23.4 Å². The maximum absolute atomic E-state index is 11.6. The molecule has 1 aromatic rings. The van der Waals surface area contributed by atoms with Crippen molar-refractivity contribution in [1.29, 1.82) is 0 Å². The number of alkyl carbamates (subject to hydrolysis) is 1. The summed E-state index contributed by atoms with van der Waals surface area (Å²) in [6.45, 7) is 10.0. The van der Waals surface area contributed by atoms with Crippen LogP contribution in [0.3, 0.4) is 0 Å². The first-order chi connectivity index (χ1) is 10.2. The van der Waals surface area contributed by atoms with Crippen molar-refractivity contribution < 1.29 is 14.4 Å². The smallest absolute Gasteiger partial charge is 0.407 e. The van der Waals surface area contributed by atoms with Gasteiger partial charge in [0.1, 0.15) is 5.60 Å². The van der Waals surface area contributed by atoms with E-state index in [0.717, 1.165) is 11.3 Å². The van der Waals surface area contributed by atoms with Crippen LogP contribution >= 0.6 is 0 Å². The highest BCUT2D eigenvalue weighted by atomic mass is 16.6. The molecule has 0 saturated heterocycles. The van der Waals surface area contributed by atoms with Crippen molar-refractivity contribution in [3.05, 3.63) is 34.9 Å². The van der Waals surface area contributed by atoms with Crippen LogP contribution in [0.1, 0.15) is 43.9 Å². The van der Waals surface area contributed by atoms with Crippen molar-refractivity contribution >= 4 is 11.8 Å². The van der Waals surface area contributed by atoms with E-state index < -0.39 is 11.7 Å². The third kappa shape index (κ3) is 4.48. The van der Waals surface area contributed by atoms with Gasteiger partial charge in [0.15, 0.2) is 6.10 Å². The number of ether oxygens (including phenoxy) is 1. The lowest BCUT2D eigenvalue weighted by Crippen LogP contribution is -2.37. The molecule has 5 nitrogen and oxygen atoms in total. The first-order valence-electron chi connectivity index (χ1n) is 7.52. The summed E-state index contributed by atoms with van der Waals surface area (Å²) < 4.78 is 5.19. The Hall–Kier alpha value is -2.04. The molecule has 0 bridgehead atoms. The van der Waals surface area contributed by atoms with Crippen LogP contribution in [-0.2, 0) is 9.57 Å². The molecular weight excluding hydrogens is 280 g/mol. The quantitative estimate of drug-likeness (QED) is 0.932. The molecule has 0 radical (unpaired) electrons. The average Bonchev–Trinajstić information content (AvgIpc) is 2.86. The molecule has 22 heavy (non-hydrogen) atoms. The van der Waals surface area contributed by atoms with E-state index in [1.807, 2.05) is 26.8 Å². The van der Waals surface area contributed by atoms with Crippen molar-refractivity contribution in [1.82, 2.24) is 5.32 Å². The number of hydrogen-bond donors (Lipinski definition) is 1. The molecule has 1 amide bonds. The fourth-order valence-electron chi connectivity index (χ4n) is 2.14. The fourth-order valence-corrected chi connectivity index (χ4v) is 2.14.